The molecule has 0 amide bonds. The molecule has 3 aliphatic rings. The molecule has 5 rings (SSSR count). The number of hydrogen-bond acceptors (Lipinski definition) is 5. The molecule has 132 valence electrons. The number of nitrogens with zero attached hydrogens (tertiary/aromatic N) is 5. The number of hydrogen-bond donors (Lipinski definition) is 0. The van der Waals surface area contributed by atoms with Crippen LogP contribution in [-0.4, -0.2) is 40.7 Å². The zero-order valence-electron chi connectivity index (χ0n) is 14.9. The van der Waals surface area contributed by atoms with Crippen LogP contribution in [0.3, 0.4) is 0 Å². The number of fused-ring (bicyclic) bond motifs is 2. The maximum Gasteiger partial charge on any atom is 0.229 e. The molecule has 2 fully saturated rings. The predicted molar refractivity (Wildman–Crippen MR) is 99.7 cm³/mol. The Hall–Kier alpha value is -2.11. The molecule has 0 N–H and O–H groups in total. The van der Waals surface area contributed by atoms with Gasteiger partial charge < -0.3 is 14.4 Å². The Kier molecular flexibility index (Phi) is 3.47. The highest BCUT2D eigenvalue weighted by atomic mass is 16.1. The second kappa shape index (κ2) is 5.71. The van der Waals surface area contributed by atoms with Gasteiger partial charge >= 0.3 is 0 Å². The first-order chi connectivity index (χ1) is 12.2. The normalized spacial score (nSPS) is 20.0. The third kappa shape index (κ3) is 2.26. The van der Waals surface area contributed by atoms with Crippen molar-refractivity contribution in [2.75, 3.05) is 36.0 Å². The van der Waals surface area contributed by atoms with Gasteiger partial charge in [0.1, 0.15) is 11.2 Å². The van der Waals surface area contributed by atoms with Crippen molar-refractivity contribution < 1.29 is 0 Å². The van der Waals surface area contributed by atoms with Crippen molar-refractivity contribution in [3.05, 3.63) is 21.5 Å². The lowest BCUT2D eigenvalue weighted by Gasteiger charge is -2.23. The summed E-state index contributed by atoms with van der Waals surface area (Å²) in [6, 6.07) is 0. The van der Waals surface area contributed by atoms with Crippen molar-refractivity contribution >= 4 is 22.8 Å². The number of rotatable bonds is 2. The molecular weight excluding hydrogens is 314 g/mol. The summed E-state index contributed by atoms with van der Waals surface area (Å²) >= 11 is 0. The summed E-state index contributed by atoms with van der Waals surface area (Å²) in [5.74, 6) is 1.68. The average Bonchev–Trinajstić information content (AvgIpc) is 3.40. The van der Waals surface area contributed by atoms with Gasteiger partial charge in [-0.05, 0) is 44.9 Å². The van der Waals surface area contributed by atoms with Gasteiger partial charge in [-0.25, -0.2) is 0 Å². The smallest absolute Gasteiger partial charge is 0.229 e. The minimum absolute atomic E-state index is 0.176. The van der Waals surface area contributed by atoms with Crippen molar-refractivity contribution in [3.63, 3.8) is 0 Å². The monoisotopic (exact) mass is 339 g/mol. The summed E-state index contributed by atoms with van der Waals surface area (Å²) in [4.78, 5) is 27.6. The van der Waals surface area contributed by atoms with Crippen LogP contribution >= 0.6 is 0 Å². The van der Waals surface area contributed by atoms with Gasteiger partial charge in [-0.15, -0.1) is 0 Å². The molecule has 0 radical (unpaired) electrons. The Balaban J connectivity index is 1.81. The highest BCUT2D eigenvalue weighted by Gasteiger charge is 2.28. The standard InChI is InChI=1S/C19H25N5O/c1-22-14-8-6-7-13(14)16(25)15-17(22)20-19(24-11-4-5-12-24)21-18(15)23-9-2-3-10-23/h2-12H2,1H3. The fourth-order valence-electron chi connectivity index (χ4n) is 4.71. The molecule has 0 saturated carbocycles. The van der Waals surface area contributed by atoms with E-state index in [4.69, 9.17) is 9.97 Å². The summed E-state index contributed by atoms with van der Waals surface area (Å²) in [6.07, 6.45) is 7.70. The van der Waals surface area contributed by atoms with E-state index in [1.54, 1.807) is 0 Å². The Morgan fingerprint density at radius 2 is 1.52 bits per heavy atom. The van der Waals surface area contributed by atoms with Gasteiger partial charge in [0.2, 0.25) is 5.95 Å². The van der Waals surface area contributed by atoms with E-state index >= 15 is 0 Å². The number of aryl methyl sites for hydroxylation is 1. The Morgan fingerprint density at radius 1 is 0.840 bits per heavy atom. The fourth-order valence-corrected chi connectivity index (χ4v) is 4.71. The Bertz CT molecular complexity index is 891. The minimum Gasteiger partial charge on any atom is -0.356 e. The Morgan fingerprint density at radius 3 is 2.24 bits per heavy atom. The minimum atomic E-state index is 0.176. The first-order valence-electron chi connectivity index (χ1n) is 9.66. The summed E-state index contributed by atoms with van der Waals surface area (Å²) in [5, 5.41) is 0.744. The maximum atomic E-state index is 13.2. The van der Waals surface area contributed by atoms with E-state index in [0.29, 0.717) is 0 Å². The van der Waals surface area contributed by atoms with Crippen LogP contribution in [0.4, 0.5) is 11.8 Å². The molecule has 0 aromatic carbocycles. The molecule has 1 aliphatic carbocycles. The van der Waals surface area contributed by atoms with Crippen molar-refractivity contribution in [3.8, 4) is 0 Å². The molecule has 0 spiro atoms. The largest absolute Gasteiger partial charge is 0.356 e. The summed E-state index contributed by atoms with van der Waals surface area (Å²) in [7, 11) is 2.07. The van der Waals surface area contributed by atoms with Gasteiger partial charge in [0.25, 0.3) is 0 Å². The molecule has 0 unspecified atom stereocenters. The third-order valence-electron chi connectivity index (χ3n) is 6.07. The second-order valence-electron chi connectivity index (χ2n) is 7.60. The molecule has 2 aromatic heterocycles. The molecule has 0 atom stereocenters. The quantitative estimate of drug-likeness (QED) is 0.838. The number of aromatic nitrogens is 3. The summed E-state index contributed by atoms with van der Waals surface area (Å²) in [6.45, 7) is 4.02. The summed E-state index contributed by atoms with van der Waals surface area (Å²) in [5.41, 5.74) is 3.17. The molecule has 2 aromatic rings. The average molecular weight is 339 g/mol. The molecule has 25 heavy (non-hydrogen) atoms. The zero-order valence-corrected chi connectivity index (χ0v) is 14.9. The van der Waals surface area contributed by atoms with E-state index in [-0.39, 0.29) is 5.43 Å². The first kappa shape index (κ1) is 15.2. The Labute approximate surface area is 147 Å². The van der Waals surface area contributed by atoms with E-state index in [1.165, 1.54) is 31.4 Å². The molecule has 0 bridgehead atoms. The molecule has 4 heterocycles. The van der Waals surface area contributed by atoms with E-state index < -0.39 is 0 Å². The van der Waals surface area contributed by atoms with Gasteiger partial charge in [-0.3, -0.25) is 4.79 Å². The van der Waals surface area contributed by atoms with E-state index in [2.05, 4.69) is 21.4 Å². The SMILES string of the molecule is Cn1c2c(c(=O)c3c(N4CCCC4)nc(N4CCCC4)nc31)CCC2. The highest BCUT2D eigenvalue weighted by molar-refractivity contribution is 5.89. The van der Waals surface area contributed by atoms with Crippen LogP contribution in [0.15, 0.2) is 4.79 Å². The lowest BCUT2D eigenvalue weighted by Crippen LogP contribution is -2.28. The van der Waals surface area contributed by atoms with Crippen LogP contribution in [0.25, 0.3) is 11.0 Å². The molecule has 6 heteroatoms. The van der Waals surface area contributed by atoms with Gasteiger partial charge in [0.05, 0.1) is 0 Å². The summed E-state index contributed by atoms with van der Waals surface area (Å²) < 4.78 is 2.17. The van der Waals surface area contributed by atoms with Crippen molar-refractivity contribution in [2.24, 2.45) is 7.05 Å². The molecule has 6 nitrogen and oxygen atoms in total. The lowest BCUT2D eigenvalue weighted by molar-refractivity contribution is 0.811. The zero-order chi connectivity index (χ0) is 17.0. The van der Waals surface area contributed by atoms with Gasteiger partial charge in [-0.1, -0.05) is 0 Å². The molecular formula is C19H25N5O. The van der Waals surface area contributed by atoms with Gasteiger partial charge in [-0.2, -0.15) is 9.97 Å². The van der Waals surface area contributed by atoms with Crippen molar-refractivity contribution in [1.82, 2.24) is 14.5 Å². The van der Waals surface area contributed by atoms with Crippen LogP contribution in [0, 0.1) is 0 Å². The van der Waals surface area contributed by atoms with Crippen molar-refractivity contribution in [2.45, 2.75) is 44.9 Å². The number of anilines is 2. The molecule has 2 aliphatic heterocycles. The van der Waals surface area contributed by atoms with E-state index in [9.17, 15) is 4.79 Å². The van der Waals surface area contributed by atoms with Crippen LogP contribution in [0.5, 0.6) is 0 Å². The van der Waals surface area contributed by atoms with Gasteiger partial charge in [0.15, 0.2) is 11.1 Å². The van der Waals surface area contributed by atoms with Crippen LogP contribution in [0.1, 0.15) is 43.4 Å². The van der Waals surface area contributed by atoms with E-state index in [1.807, 2.05) is 0 Å². The van der Waals surface area contributed by atoms with Crippen LogP contribution in [-0.2, 0) is 19.9 Å². The first-order valence-corrected chi connectivity index (χ1v) is 9.66. The highest BCUT2D eigenvalue weighted by Crippen LogP contribution is 2.31. The predicted octanol–water partition coefficient (Wildman–Crippen LogP) is 2.02. The molecule has 2 saturated heterocycles. The van der Waals surface area contributed by atoms with Crippen molar-refractivity contribution in [1.29, 1.82) is 0 Å². The fraction of sp³-hybridized carbons (Fsp3) is 0.632. The van der Waals surface area contributed by atoms with E-state index in [0.717, 1.165) is 73.8 Å². The maximum absolute atomic E-state index is 13.2. The van der Waals surface area contributed by atoms with Crippen LogP contribution < -0.4 is 15.2 Å². The number of pyridine rings is 1. The lowest BCUT2D eigenvalue weighted by atomic mass is 10.1. The third-order valence-corrected chi connectivity index (χ3v) is 6.07. The topological polar surface area (TPSA) is 54.3 Å². The second-order valence-corrected chi connectivity index (χ2v) is 7.60. The van der Waals surface area contributed by atoms with Gasteiger partial charge in [0, 0.05) is 44.5 Å². The van der Waals surface area contributed by atoms with Crippen LogP contribution in [0.2, 0.25) is 0 Å².